The summed E-state index contributed by atoms with van der Waals surface area (Å²) in [4.78, 5) is 33.2. The van der Waals surface area contributed by atoms with Crippen LogP contribution in [0, 0.1) is 12.8 Å². The molecule has 2 amide bonds. The average Bonchev–Trinajstić information content (AvgIpc) is 3.50. The first kappa shape index (κ1) is 21.6. The van der Waals surface area contributed by atoms with Crippen LogP contribution in [0.2, 0.25) is 0 Å². The van der Waals surface area contributed by atoms with Gasteiger partial charge in [-0.25, -0.2) is 0 Å². The molecule has 1 aromatic carbocycles. The Hall–Kier alpha value is -3.19. The molecule has 1 aliphatic carbocycles. The molecule has 1 aliphatic heterocycles. The summed E-state index contributed by atoms with van der Waals surface area (Å²) in [6.45, 7) is 4.37. The molecule has 3 heterocycles. The lowest BCUT2D eigenvalue weighted by Crippen LogP contribution is -2.38. The lowest BCUT2D eigenvalue weighted by atomic mass is 9.85. The number of furan rings is 1. The van der Waals surface area contributed by atoms with Crippen LogP contribution < -0.4 is 10.6 Å². The first-order valence-electron chi connectivity index (χ1n) is 11.9. The third-order valence-corrected chi connectivity index (χ3v) is 6.93. The number of pyridine rings is 1. The molecule has 33 heavy (non-hydrogen) atoms. The first-order valence-corrected chi connectivity index (χ1v) is 11.9. The van der Waals surface area contributed by atoms with E-state index in [4.69, 9.17) is 4.42 Å². The van der Waals surface area contributed by atoms with E-state index >= 15 is 0 Å². The molecule has 7 nitrogen and oxygen atoms in total. The monoisotopic (exact) mass is 446 g/mol. The maximum absolute atomic E-state index is 13.2. The highest BCUT2D eigenvalue weighted by Crippen LogP contribution is 2.33. The summed E-state index contributed by atoms with van der Waals surface area (Å²) in [6.07, 6.45) is 8.02. The summed E-state index contributed by atoms with van der Waals surface area (Å²) >= 11 is 0. The second-order valence-electron chi connectivity index (χ2n) is 9.21. The maximum atomic E-state index is 13.2. The van der Waals surface area contributed by atoms with Crippen molar-refractivity contribution in [3.05, 3.63) is 53.9 Å². The Bertz CT molecular complexity index is 1140. The fourth-order valence-corrected chi connectivity index (χ4v) is 5.06. The number of nitrogens with zero attached hydrogens (tertiary/aromatic N) is 2. The van der Waals surface area contributed by atoms with Crippen molar-refractivity contribution in [2.45, 2.75) is 51.5 Å². The molecular weight excluding hydrogens is 416 g/mol. The minimum atomic E-state index is -0.412. The van der Waals surface area contributed by atoms with Gasteiger partial charge in [-0.3, -0.25) is 14.6 Å². The molecule has 5 rings (SSSR count). The van der Waals surface area contributed by atoms with E-state index in [0.29, 0.717) is 28.5 Å². The Balaban J connectivity index is 1.32. The van der Waals surface area contributed by atoms with E-state index in [2.05, 4.69) is 20.5 Å². The fourth-order valence-electron chi connectivity index (χ4n) is 5.06. The number of fused-ring (bicyclic) bond motifs is 1. The van der Waals surface area contributed by atoms with Gasteiger partial charge in [-0.05, 0) is 82.8 Å². The minimum absolute atomic E-state index is 0.0624. The van der Waals surface area contributed by atoms with Crippen molar-refractivity contribution in [1.82, 2.24) is 9.88 Å². The first-order chi connectivity index (χ1) is 16.1. The summed E-state index contributed by atoms with van der Waals surface area (Å²) < 4.78 is 5.83. The summed E-state index contributed by atoms with van der Waals surface area (Å²) in [5.41, 5.74) is 3.08. The average molecular weight is 447 g/mol. The lowest BCUT2D eigenvalue weighted by Gasteiger charge is -2.33. The van der Waals surface area contributed by atoms with Crippen molar-refractivity contribution < 1.29 is 14.0 Å². The molecule has 1 saturated carbocycles. The third-order valence-electron chi connectivity index (χ3n) is 6.93. The predicted molar refractivity (Wildman–Crippen MR) is 128 cm³/mol. The second-order valence-corrected chi connectivity index (χ2v) is 9.21. The molecule has 2 aliphatic rings. The smallest absolute Gasteiger partial charge is 0.293 e. The van der Waals surface area contributed by atoms with Crippen LogP contribution in [0.3, 0.4) is 0 Å². The van der Waals surface area contributed by atoms with Crippen LogP contribution in [0.25, 0.3) is 11.1 Å². The van der Waals surface area contributed by atoms with Crippen LogP contribution in [0.1, 0.15) is 54.6 Å². The number of anilines is 2. The van der Waals surface area contributed by atoms with E-state index in [-0.39, 0.29) is 17.6 Å². The summed E-state index contributed by atoms with van der Waals surface area (Å²) in [6, 6.07) is 11.6. The van der Waals surface area contributed by atoms with Crippen molar-refractivity contribution in [2.24, 2.45) is 5.92 Å². The second kappa shape index (κ2) is 9.35. The van der Waals surface area contributed by atoms with Crippen LogP contribution in [0.5, 0.6) is 0 Å². The molecular formula is C26H30N4O3. The van der Waals surface area contributed by atoms with Gasteiger partial charge in [0.1, 0.15) is 11.2 Å². The van der Waals surface area contributed by atoms with Crippen molar-refractivity contribution in [2.75, 3.05) is 23.7 Å². The molecule has 2 fully saturated rings. The van der Waals surface area contributed by atoms with E-state index in [1.54, 1.807) is 18.3 Å². The number of benzene rings is 1. The van der Waals surface area contributed by atoms with Crippen molar-refractivity contribution in [3.8, 4) is 0 Å². The molecule has 0 atom stereocenters. The van der Waals surface area contributed by atoms with Gasteiger partial charge in [-0.2, -0.15) is 0 Å². The number of aromatic nitrogens is 1. The van der Waals surface area contributed by atoms with Crippen LogP contribution in [0.15, 0.2) is 47.0 Å². The highest BCUT2D eigenvalue weighted by Gasteiger charge is 2.32. The zero-order valence-electron chi connectivity index (χ0n) is 19.0. The number of nitrogens with one attached hydrogen (secondary N) is 2. The zero-order chi connectivity index (χ0) is 22.8. The summed E-state index contributed by atoms with van der Waals surface area (Å²) in [5.74, 6) is -0.466. The largest absolute Gasteiger partial charge is 0.447 e. The number of hydrogen-bond acceptors (Lipinski definition) is 5. The maximum Gasteiger partial charge on any atom is 0.293 e. The Morgan fingerprint density at radius 1 is 1.00 bits per heavy atom. The molecule has 0 bridgehead atoms. The number of aryl methyl sites for hydroxylation is 1. The van der Waals surface area contributed by atoms with Gasteiger partial charge in [0.25, 0.3) is 5.91 Å². The number of likely N-dealkylation sites (tertiary alicyclic amines) is 1. The van der Waals surface area contributed by atoms with Crippen LogP contribution in [-0.2, 0) is 4.79 Å². The quantitative estimate of drug-likeness (QED) is 0.577. The van der Waals surface area contributed by atoms with Crippen molar-refractivity contribution in [1.29, 1.82) is 0 Å². The molecule has 0 unspecified atom stereocenters. The molecule has 3 aromatic rings. The number of carbonyl (C=O) groups excluding carboxylic acids is 2. The minimum Gasteiger partial charge on any atom is -0.447 e. The molecule has 1 saturated heterocycles. The standard InChI is InChI=1S/C26H30N4O3/c1-17-6-10-19(11-7-17)28-26(32)24-23(22-21(33-24)5-4-14-27-22)29-25(31)18-8-12-20(13-9-18)30-15-2-3-16-30/h4-7,10-11,14,18,20H,2-3,8-9,12-13,15-16H2,1H3,(H,28,32)(H,29,31)/t18-,20-. The van der Waals surface area contributed by atoms with Gasteiger partial charge in [0.2, 0.25) is 11.7 Å². The topological polar surface area (TPSA) is 87.5 Å². The van der Waals surface area contributed by atoms with E-state index in [9.17, 15) is 9.59 Å². The number of amides is 2. The van der Waals surface area contributed by atoms with Gasteiger partial charge in [-0.1, -0.05) is 17.7 Å². The fraction of sp³-hybridized carbons (Fsp3) is 0.423. The highest BCUT2D eigenvalue weighted by molar-refractivity contribution is 6.13. The number of hydrogen-bond donors (Lipinski definition) is 2. The van der Waals surface area contributed by atoms with Crippen LogP contribution >= 0.6 is 0 Å². The van der Waals surface area contributed by atoms with Crippen LogP contribution in [-0.4, -0.2) is 40.8 Å². The molecule has 2 N–H and O–H groups in total. The predicted octanol–water partition coefficient (Wildman–Crippen LogP) is 4.98. The summed E-state index contributed by atoms with van der Waals surface area (Å²) in [7, 11) is 0. The van der Waals surface area contributed by atoms with Gasteiger partial charge in [0.05, 0.1) is 0 Å². The Morgan fingerprint density at radius 2 is 1.73 bits per heavy atom. The molecule has 0 spiro atoms. The Morgan fingerprint density at radius 3 is 2.45 bits per heavy atom. The Labute approximate surface area is 193 Å². The van der Waals surface area contributed by atoms with Gasteiger partial charge in [-0.15, -0.1) is 0 Å². The van der Waals surface area contributed by atoms with Crippen molar-refractivity contribution >= 4 is 34.3 Å². The molecule has 172 valence electrons. The number of carbonyl (C=O) groups is 2. The van der Waals surface area contributed by atoms with E-state index in [1.165, 1.54) is 25.9 Å². The lowest BCUT2D eigenvalue weighted by molar-refractivity contribution is -0.121. The van der Waals surface area contributed by atoms with Crippen molar-refractivity contribution in [3.63, 3.8) is 0 Å². The third kappa shape index (κ3) is 4.64. The molecule has 7 heteroatoms. The zero-order valence-corrected chi connectivity index (χ0v) is 19.0. The SMILES string of the molecule is Cc1ccc(NC(=O)c2oc3cccnc3c2NC(=O)[C@H]2CC[C@H](N3CCCC3)CC2)cc1. The highest BCUT2D eigenvalue weighted by atomic mass is 16.3. The van der Waals surface area contributed by atoms with E-state index < -0.39 is 5.91 Å². The Kier molecular flexibility index (Phi) is 6.13. The van der Waals surface area contributed by atoms with E-state index in [1.807, 2.05) is 31.2 Å². The van der Waals surface area contributed by atoms with E-state index in [0.717, 1.165) is 31.2 Å². The molecule has 0 radical (unpaired) electrons. The van der Waals surface area contributed by atoms with Gasteiger partial charge < -0.3 is 20.0 Å². The number of rotatable bonds is 5. The summed E-state index contributed by atoms with van der Waals surface area (Å²) in [5, 5.41) is 5.85. The van der Waals surface area contributed by atoms with Gasteiger partial charge in [0.15, 0.2) is 5.58 Å². The van der Waals surface area contributed by atoms with Gasteiger partial charge >= 0.3 is 0 Å². The van der Waals surface area contributed by atoms with Gasteiger partial charge in [0, 0.05) is 23.8 Å². The molecule has 2 aromatic heterocycles. The van der Waals surface area contributed by atoms with Crippen LogP contribution in [0.4, 0.5) is 11.4 Å². The normalized spacial score (nSPS) is 21.2.